The molecule has 0 saturated heterocycles. The number of ether oxygens (including phenoxy) is 2. The molecule has 11 heteroatoms. The summed E-state index contributed by atoms with van der Waals surface area (Å²) in [5.41, 5.74) is 0.738. The maximum absolute atomic E-state index is 13.7. The number of nitrogens with zero attached hydrogens (tertiary/aromatic N) is 4. The van der Waals surface area contributed by atoms with Crippen LogP contribution in [0, 0.1) is 10.1 Å². The van der Waals surface area contributed by atoms with Crippen molar-refractivity contribution < 1.29 is 24.0 Å². The molecule has 0 amide bonds. The van der Waals surface area contributed by atoms with Crippen LogP contribution in [-0.4, -0.2) is 33.1 Å². The lowest BCUT2D eigenvalue weighted by molar-refractivity contribution is -0.383. The summed E-state index contributed by atoms with van der Waals surface area (Å²) >= 11 is 0. The number of benzene rings is 2. The summed E-state index contributed by atoms with van der Waals surface area (Å²) in [6.45, 7) is 4.98. The third kappa shape index (κ3) is 3.54. The van der Waals surface area contributed by atoms with Gasteiger partial charge in [-0.2, -0.15) is 0 Å². The normalized spacial score (nSPS) is 17.1. The number of hydrogen-bond acceptors (Lipinski definition) is 9. The van der Waals surface area contributed by atoms with Gasteiger partial charge in [-0.3, -0.25) is 19.9 Å². The van der Waals surface area contributed by atoms with Crippen LogP contribution in [0.15, 0.2) is 64.4 Å². The Morgan fingerprint density at radius 2 is 2.00 bits per heavy atom. The van der Waals surface area contributed by atoms with E-state index in [1.54, 1.807) is 43.3 Å². The van der Waals surface area contributed by atoms with Crippen molar-refractivity contribution in [1.82, 2.24) is 9.55 Å². The molecule has 0 N–H and O–H groups in total. The number of nitro benzene ring substituents is 1. The zero-order valence-electron chi connectivity index (χ0n) is 20.7. The Morgan fingerprint density at radius 1 is 1.23 bits per heavy atom. The molecule has 6 rings (SSSR count). The lowest BCUT2D eigenvalue weighted by Crippen LogP contribution is -2.47. The minimum Gasteiger partial charge on any atom is -0.457 e. The molecule has 0 bridgehead atoms. The van der Waals surface area contributed by atoms with Gasteiger partial charge >= 0.3 is 11.9 Å². The minimum absolute atomic E-state index is 0.0178. The second-order valence-electron chi connectivity index (χ2n) is 9.26. The molecule has 2 aromatic heterocycles. The van der Waals surface area contributed by atoms with Gasteiger partial charge in [-0.15, -0.1) is 0 Å². The Balaban J connectivity index is 1.50. The van der Waals surface area contributed by atoms with Gasteiger partial charge in [-0.1, -0.05) is 13.0 Å². The number of aliphatic imine (C=N–C) groups is 1. The largest absolute Gasteiger partial charge is 0.457 e. The fourth-order valence-electron chi connectivity index (χ4n) is 5.22. The number of rotatable bonds is 5. The summed E-state index contributed by atoms with van der Waals surface area (Å²) in [6.07, 6.45) is 0.0178. The number of aromatic nitrogens is 2. The number of esters is 2. The van der Waals surface area contributed by atoms with Crippen LogP contribution in [0.1, 0.15) is 40.4 Å². The molecular formula is C28H20N4O7. The third-order valence-electron chi connectivity index (χ3n) is 7.25. The quantitative estimate of drug-likeness (QED) is 0.144. The van der Waals surface area contributed by atoms with Crippen LogP contribution in [0.4, 0.5) is 11.4 Å². The molecule has 39 heavy (non-hydrogen) atoms. The van der Waals surface area contributed by atoms with Gasteiger partial charge in [0.2, 0.25) is 5.60 Å². The van der Waals surface area contributed by atoms with Crippen molar-refractivity contribution in [3.8, 4) is 11.4 Å². The van der Waals surface area contributed by atoms with E-state index in [2.05, 4.69) is 16.7 Å². The van der Waals surface area contributed by atoms with E-state index in [0.717, 1.165) is 0 Å². The van der Waals surface area contributed by atoms with Crippen molar-refractivity contribution in [2.45, 2.75) is 32.1 Å². The summed E-state index contributed by atoms with van der Waals surface area (Å²) < 4.78 is 12.7. The van der Waals surface area contributed by atoms with Crippen molar-refractivity contribution in [2.24, 2.45) is 4.99 Å². The van der Waals surface area contributed by atoms with Crippen LogP contribution < -0.4 is 5.56 Å². The summed E-state index contributed by atoms with van der Waals surface area (Å²) in [6, 6.07) is 14.1. The van der Waals surface area contributed by atoms with Crippen molar-refractivity contribution in [3.63, 3.8) is 0 Å². The molecule has 0 saturated carbocycles. The van der Waals surface area contributed by atoms with Gasteiger partial charge in [-0.25, -0.2) is 14.6 Å². The molecular weight excluding hydrogens is 504 g/mol. The van der Waals surface area contributed by atoms with Gasteiger partial charge < -0.3 is 14.0 Å². The van der Waals surface area contributed by atoms with E-state index in [4.69, 9.17) is 9.47 Å². The Morgan fingerprint density at radius 3 is 2.69 bits per heavy atom. The summed E-state index contributed by atoms with van der Waals surface area (Å²) in [7, 11) is 0. The SMILES string of the molecule is C=Nc1ccc(C(=O)O[C@]2(CC)C(=O)OCc3c2cc2n(c3=O)Cc3cc4c([N+](=O)[O-])cccc4nc3-2)cc1. The smallest absolute Gasteiger partial charge is 0.355 e. The fourth-order valence-corrected chi connectivity index (χ4v) is 5.22. The van der Waals surface area contributed by atoms with Gasteiger partial charge in [-0.05, 0) is 55.6 Å². The van der Waals surface area contributed by atoms with Crippen molar-refractivity contribution in [3.05, 3.63) is 97.3 Å². The van der Waals surface area contributed by atoms with Crippen molar-refractivity contribution >= 4 is 40.9 Å². The number of pyridine rings is 2. The van der Waals surface area contributed by atoms with E-state index in [9.17, 15) is 24.5 Å². The lowest BCUT2D eigenvalue weighted by Gasteiger charge is -2.35. The van der Waals surface area contributed by atoms with Crippen LogP contribution in [0.5, 0.6) is 0 Å². The molecule has 11 nitrogen and oxygen atoms in total. The highest BCUT2D eigenvalue weighted by molar-refractivity contribution is 5.95. The first-order valence-electron chi connectivity index (χ1n) is 12.1. The average Bonchev–Trinajstić information content (AvgIpc) is 3.30. The average molecular weight is 524 g/mol. The number of non-ortho nitro benzene ring substituents is 1. The van der Waals surface area contributed by atoms with Crippen LogP contribution in [0.2, 0.25) is 0 Å². The van der Waals surface area contributed by atoms with E-state index < -0.39 is 28.0 Å². The number of fused-ring (bicyclic) bond motifs is 5. The molecule has 0 spiro atoms. The van der Waals surface area contributed by atoms with Gasteiger partial charge in [0.1, 0.15) is 6.61 Å². The van der Waals surface area contributed by atoms with E-state index in [1.807, 2.05) is 0 Å². The van der Waals surface area contributed by atoms with Crippen LogP contribution in [-0.2, 0) is 33.0 Å². The fraction of sp³-hybridized carbons (Fsp3) is 0.179. The monoisotopic (exact) mass is 524 g/mol. The second kappa shape index (κ2) is 8.69. The number of carbonyl (C=O) groups is 2. The first-order valence-corrected chi connectivity index (χ1v) is 12.1. The highest BCUT2D eigenvalue weighted by atomic mass is 16.6. The van der Waals surface area contributed by atoms with Gasteiger partial charge in [0, 0.05) is 17.2 Å². The van der Waals surface area contributed by atoms with Gasteiger partial charge in [0.05, 0.1) is 50.6 Å². The molecule has 0 fully saturated rings. The highest BCUT2D eigenvalue weighted by Crippen LogP contribution is 2.42. The number of cyclic esters (lactones) is 1. The lowest BCUT2D eigenvalue weighted by atomic mass is 9.85. The molecule has 2 aliphatic rings. The highest BCUT2D eigenvalue weighted by Gasteiger charge is 2.50. The number of nitro groups is 1. The zero-order chi connectivity index (χ0) is 27.5. The van der Waals surface area contributed by atoms with E-state index in [-0.39, 0.29) is 42.0 Å². The van der Waals surface area contributed by atoms with Crippen LogP contribution >= 0.6 is 0 Å². The number of hydrogen-bond donors (Lipinski definition) is 0. The molecule has 1 atom stereocenters. The molecule has 194 valence electrons. The molecule has 0 aliphatic carbocycles. The topological polar surface area (TPSA) is 143 Å². The predicted octanol–water partition coefficient (Wildman–Crippen LogP) is 4.18. The number of carbonyl (C=O) groups excluding carboxylic acids is 2. The van der Waals surface area contributed by atoms with E-state index >= 15 is 0 Å². The third-order valence-corrected chi connectivity index (χ3v) is 7.25. The summed E-state index contributed by atoms with van der Waals surface area (Å²) in [4.78, 5) is 59.5. The van der Waals surface area contributed by atoms with Gasteiger partial charge in [0.25, 0.3) is 11.2 Å². The predicted molar refractivity (Wildman–Crippen MR) is 140 cm³/mol. The zero-order valence-corrected chi connectivity index (χ0v) is 20.7. The standard InChI is InChI=1S/C28H20N4O7/c1-3-28(39-26(34)15-7-9-17(29-2)10-8-15)20-12-23-24-16(13-31(23)25(33)19(20)14-38-27(28)35)11-18-21(30-24)5-4-6-22(18)32(36)37/h4-12H,2-3,13-14H2,1H3/t28-/m0/s1. The summed E-state index contributed by atoms with van der Waals surface area (Å²) in [5.74, 6) is -1.55. The van der Waals surface area contributed by atoms with Crippen molar-refractivity contribution in [1.29, 1.82) is 0 Å². The molecule has 0 radical (unpaired) electrons. The Hall–Kier alpha value is -5.19. The molecule has 2 aliphatic heterocycles. The molecule has 4 aromatic rings. The molecule has 0 unspecified atom stereocenters. The Labute approximate surface area is 220 Å². The first kappa shape index (κ1) is 24.2. The first-order chi connectivity index (χ1) is 18.8. The van der Waals surface area contributed by atoms with Gasteiger partial charge in [0.15, 0.2) is 0 Å². The molecule has 2 aromatic carbocycles. The maximum atomic E-state index is 13.7. The molecule has 4 heterocycles. The van der Waals surface area contributed by atoms with Crippen LogP contribution in [0.3, 0.4) is 0 Å². The second-order valence-corrected chi connectivity index (χ2v) is 9.26. The Bertz CT molecular complexity index is 1810. The maximum Gasteiger partial charge on any atom is 0.355 e. The minimum atomic E-state index is -1.85. The van der Waals surface area contributed by atoms with Crippen LogP contribution in [0.25, 0.3) is 22.3 Å². The van der Waals surface area contributed by atoms with E-state index in [0.29, 0.717) is 33.5 Å². The van der Waals surface area contributed by atoms with E-state index in [1.165, 1.54) is 22.8 Å². The Kier molecular flexibility index (Phi) is 5.38. The summed E-state index contributed by atoms with van der Waals surface area (Å²) in [5, 5.41) is 11.9. The van der Waals surface area contributed by atoms with Crippen molar-refractivity contribution in [2.75, 3.05) is 0 Å².